The van der Waals surface area contributed by atoms with E-state index in [1.54, 1.807) is 36.5 Å². The van der Waals surface area contributed by atoms with Gasteiger partial charge in [0.2, 0.25) is 0 Å². The lowest BCUT2D eigenvalue weighted by atomic mass is 9.99. The Hall–Kier alpha value is -2.89. The van der Waals surface area contributed by atoms with Gasteiger partial charge in [0.25, 0.3) is 0 Å². The van der Waals surface area contributed by atoms with Gasteiger partial charge in [0, 0.05) is 23.5 Å². The van der Waals surface area contributed by atoms with Crippen molar-refractivity contribution in [1.82, 2.24) is 9.55 Å². The van der Waals surface area contributed by atoms with E-state index in [1.807, 2.05) is 0 Å². The second-order valence-electron chi connectivity index (χ2n) is 4.89. The molecule has 0 amide bonds. The van der Waals surface area contributed by atoms with Crippen LogP contribution in [0, 0.1) is 0 Å². The zero-order chi connectivity index (χ0) is 16.4. The van der Waals surface area contributed by atoms with Gasteiger partial charge in [-0.3, -0.25) is 4.79 Å². The largest absolute Gasteiger partial charge is 0.416 e. The van der Waals surface area contributed by atoms with Crippen LogP contribution in [-0.4, -0.2) is 15.3 Å². The number of carbonyl (C=O) groups is 1. The molecule has 0 radical (unpaired) electrons. The number of imidazole rings is 1. The molecule has 0 bridgehead atoms. The minimum absolute atomic E-state index is 0.0241. The quantitative estimate of drug-likeness (QED) is 0.681. The van der Waals surface area contributed by atoms with E-state index in [4.69, 9.17) is 0 Å². The van der Waals surface area contributed by atoms with Crippen molar-refractivity contribution in [3.05, 3.63) is 83.9 Å². The third-order valence-corrected chi connectivity index (χ3v) is 3.39. The van der Waals surface area contributed by atoms with Crippen molar-refractivity contribution in [2.45, 2.75) is 6.18 Å². The Morgan fingerprint density at radius 1 is 1.04 bits per heavy atom. The molecule has 3 aromatic rings. The first kappa shape index (κ1) is 15.0. The fourth-order valence-electron chi connectivity index (χ4n) is 2.27. The summed E-state index contributed by atoms with van der Waals surface area (Å²) >= 11 is 0. The number of halogens is 3. The van der Waals surface area contributed by atoms with Crippen LogP contribution in [0.4, 0.5) is 13.2 Å². The van der Waals surface area contributed by atoms with Gasteiger partial charge in [0.15, 0.2) is 5.78 Å². The van der Waals surface area contributed by atoms with Gasteiger partial charge in [-0.1, -0.05) is 30.3 Å². The van der Waals surface area contributed by atoms with E-state index in [1.165, 1.54) is 23.2 Å². The van der Waals surface area contributed by atoms with Gasteiger partial charge in [-0.2, -0.15) is 13.2 Å². The predicted octanol–water partition coefficient (Wildman–Crippen LogP) is 4.12. The summed E-state index contributed by atoms with van der Waals surface area (Å²) in [6, 6.07) is 11.3. The highest BCUT2D eigenvalue weighted by molar-refractivity contribution is 6.11. The number of ketones is 1. The van der Waals surface area contributed by atoms with Gasteiger partial charge >= 0.3 is 6.18 Å². The summed E-state index contributed by atoms with van der Waals surface area (Å²) in [6.07, 6.45) is -0.0115. The molecular weight excluding hydrogens is 305 g/mol. The lowest BCUT2D eigenvalue weighted by Crippen LogP contribution is -2.11. The van der Waals surface area contributed by atoms with Crippen LogP contribution in [0.5, 0.6) is 0 Å². The number of carbonyl (C=O) groups excluding carboxylic acids is 1. The highest BCUT2D eigenvalue weighted by Gasteiger charge is 2.32. The molecule has 0 aliphatic rings. The summed E-state index contributed by atoms with van der Waals surface area (Å²) in [5.41, 5.74) is -0.206. The summed E-state index contributed by atoms with van der Waals surface area (Å²) in [5.74, 6) is -0.472. The van der Waals surface area contributed by atoms with Gasteiger partial charge in [0.1, 0.15) is 0 Å². The number of aromatic nitrogens is 2. The lowest BCUT2D eigenvalue weighted by molar-refractivity contribution is -0.137. The molecule has 3 rings (SSSR count). The molecule has 23 heavy (non-hydrogen) atoms. The van der Waals surface area contributed by atoms with Crippen molar-refractivity contribution in [3.63, 3.8) is 0 Å². The molecule has 0 aliphatic carbocycles. The molecule has 1 heterocycles. The van der Waals surface area contributed by atoms with Crippen molar-refractivity contribution < 1.29 is 18.0 Å². The van der Waals surface area contributed by atoms with Crippen LogP contribution in [-0.2, 0) is 6.18 Å². The zero-order valence-corrected chi connectivity index (χ0v) is 11.8. The molecule has 0 saturated heterocycles. The highest BCUT2D eigenvalue weighted by atomic mass is 19.4. The number of hydrogen-bond donors (Lipinski definition) is 0. The highest BCUT2D eigenvalue weighted by Crippen LogP contribution is 2.32. The number of hydrogen-bond acceptors (Lipinski definition) is 2. The Kier molecular flexibility index (Phi) is 3.73. The van der Waals surface area contributed by atoms with Gasteiger partial charge in [0.05, 0.1) is 17.6 Å². The number of rotatable bonds is 3. The van der Waals surface area contributed by atoms with Gasteiger partial charge in [-0.05, 0) is 18.2 Å². The molecule has 0 fully saturated rings. The molecule has 116 valence electrons. The second kappa shape index (κ2) is 5.72. The Morgan fingerprint density at radius 2 is 1.78 bits per heavy atom. The van der Waals surface area contributed by atoms with Crippen molar-refractivity contribution in [2.75, 3.05) is 0 Å². The van der Waals surface area contributed by atoms with Crippen molar-refractivity contribution in [2.24, 2.45) is 0 Å². The normalized spacial score (nSPS) is 11.4. The number of benzene rings is 2. The molecule has 0 spiro atoms. The summed E-state index contributed by atoms with van der Waals surface area (Å²) in [5, 5.41) is 0. The van der Waals surface area contributed by atoms with Crippen LogP contribution in [0.2, 0.25) is 0 Å². The van der Waals surface area contributed by atoms with Crippen LogP contribution < -0.4 is 0 Å². The SMILES string of the molecule is O=C(c1ccccc1)c1cc(C(F)(F)F)ccc1-n1ccnc1. The van der Waals surface area contributed by atoms with E-state index in [0.29, 0.717) is 11.3 Å². The standard InChI is InChI=1S/C17H11F3N2O/c18-17(19,20)13-6-7-15(22-9-8-21-11-22)14(10-13)16(23)12-4-2-1-3-5-12/h1-11H. The van der Waals surface area contributed by atoms with E-state index in [0.717, 1.165) is 12.1 Å². The van der Waals surface area contributed by atoms with Crippen LogP contribution in [0.1, 0.15) is 21.5 Å². The molecular formula is C17H11F3N2O. The van der Waals surface area contributed by atoms with E-state index >= 15 is 0 Å². The van der Waals surface area contributed by atoms with Gasteiger partial charge in [-0.15, -0.1) is 0 Å². The third-order valence-electron chi connectivity index (χ3n) is 3.39. The molecule has 0 unspecified atom stereocenters. The summed E-state index contributed by atoms with van der Waals surface area (Å²) in [4.78, 5) is 16.5. The predicted molar refractivity (Wildman–Crippen MR) is 78.4 cm³/mol. The lowest BCUT2D eigenvalue weighted by Gasteiger charge is -2.13. The first-order chi connectivity index (χ1) is 11.0. The maximum Gasteiger partial charge on any atom is 0.416 e. The first-order valence-electron chi connectivity index (χ1n) is 6.76. The Morgan fingerprint density at radius 3 is 2.39 bits per heavy atom. The smallest absolute Gasteiger partial charge is 0.306 e. The fourth-order valence-corrected chi connectivity index (χ4v) is 2.27. The Labute approximate surface area is 130 Å². The minimum atomic E-state index is -4.51. The monoisotopic (exact) mass is 316 g/mol. The molecule has 1 aromatic heterocycles. The summed E-state index contributed by atoms with van der Waals surface area (Å²) < 4.78 is 40.4. The zero-order valence-electron chi connectivity index (χ0n) is 11.8. The van der Waals surface area contributed by atoms with Crippen molar-refractivity contribution in [3.8, 4) is 5.69 Å². The topological polar surface area (TPSA) is 34.9 Å². The fraction of sp³-hybridized carbons (Fsp3) is 0.0588. The van der Waals surface area contributed by atoms with E-state index in [2.05, 4.69) is 4.98 Å². The van der Waals surface area contributed by atoms with Crippen molar-refractivity contribution >= 4 is 5.78 Å². The average molecular weight is 316 g/mol. The van der Waals surface area contributed by atoms with Crippen LogP contribution in [0.3, 0.4) is 0 Å². The van der Waals surface area contributed by atoms with E-state index < -0.39 is 17.5 Å². The molecule has 3 nitrogen and oxygen atoms in total. The van der Waals surface area contributed by atoms with Crippen LogP contribution in [0.25, 0.3) is 5.69 Å². The minimum Gasteiger partial charge on any atom is -0.306 e. The Balaban J connectivity index is 2.17. The molecule has 0 aliphatic heterocycles. The molecule has 0 atom stereocenters. The van der Waals surface area contributed by atoms with Gasteiger partial charge in [-0.25, -0.2) is 4.98 Å². The Bertz CT molecular complexity index is 825. The number of alkyl halides is 3. The number of nitrogens with zero attached hydrogens (tertiary/aromatic N) is 2. The first-order valence-corrected chi connectivity index (χ1v) is 6.76. The van der Waals surface area contributed by atoms with Gasteiger partial charge < -0.3 is 4.57 Å². The molecule has 0 N–H and O–H groups in total. The summed E-state index contributed by atoms with van der Waals surface area (Å²) in [7, 11) is 0. The summed E-state index contributed by atoms with van der Waals surface area (Å²) in [6.45, 7) is 0. The van der Waals surface area contributed by atoms with Crippen LogP contribution >= 0.6 is 0 Å². The van der Waals surface area contributed by atoms with E-state index in [-0.39, 0.29) is 5.56 Å². The van der Waals surface area contributed by atoms with E-state index in [9.17, 15) is 18.0 Å². The third kappa shape index (κ3) is 3.01. The maximum atomic E-state index is 13.0. The molecule has 0 saturated carbocycles. The second-order valence-corrected chi connectivity index (χ2v) is 4.89. The average Bonchev–Trinajstić information content (AvgIpc) is 3.08. The molecule has 2 aromatic carbocycles. The molecule has 6 heteroatoms. The maximum absolute atomic E-state index is 13.0. The van der Waals surface area contributed by atoms with Crippen LogP contribution in [0.15, 0.2) is 67.3 Å². The van der Waals surface area contributed by atoms with Crippen molar-refractivity contribution in [1.29, 1.82) is 0 Å².